The van der Waals surface area contributed by atoms with Crippen molar-refractivity contribution in [3.05, 3.63) is 48.0 Å². The van der Waals surface area contributed by atoms with Gasteiger partial charge in [-0.1, -0.05) is 12.1 Å². The van der Waals surface area contributed by atoms with Crippen LogP contribution in [0.4, 0.5) is 5.69 Å². The molecule has 2 aromatic heterocycles. The summed E-state index contributed by atoms with van der Waals surface area (Å²) in [6.45, 7) is 0. The number of H-pyrrole nitrogens is 1. The molecule has 2 heterocycles. The van der Waals surface area contributed by atoms with Crippen molar-refractivity contribution < 1.29 is 8.42 Å². The second-order valence-corrected chi connectivity index (χ2v) is 6.64. The third-order valence-corrected chi connectivity index (χ3v) is 5.36. The van der Waals surface area contributed by atoms with Gasteiger partial charge in [0.15, 0.2) is 0 Å². The van der Waals surface area contributed by atoms with E-state index >= 15 is 0 Å². The highest BCUT2D eigenvalue weighted by Gasteiger charge is 2.16. The van der Waals surface area contributed by atoms with Crippen LogP contribution in [0.2, 0.25) is 0 Å². The fourth-order valence-electron chi connectivity index (χ4n) is 1.79. The molecular formula is C12H10N2O2S2. The smallest absolute Gasteiger partial charge is 0.271 e. The Morgan fingerprint density at radius 2 is 2.00 bits per heavy atom. The summed E-state index contributed by atoms with van der Waals surface area (Å²) < 4.78 is 27.2. The van der Waals surface area contributed by atoms with Crippen LogP contribution in [-0.2, 0) is 10.0 Å². The zero-order valence-electron chi connectivity index (χ0n) is 9.25. The molecule has 2 N–H and O–H groups in total. The van der Waals surface area contributed by atoms with Crippen molar-refractivity contribution in [2.45, 2.75) is 4.21 Å². The largest absolute Gasteiger partial charge is 0.361 e. The van der Waals surface area contributed by atoms with Crippen molar-refractivity contribution in [1.29, 1.82) is 0 Å². The van der Waals surface area contributed by atoms with Gasteiger partial charge in [0.2, 0.25) is 0 Å². The quantitative estimate of drug-likeness (QED) is 0.773. The third-order valence-electron chi connectivity index (χ3n) is 2.60. The maximum Gasteiger partial charge on any atom is 0.271 e. The minimum absolute atomic E-state index is 0.315. The Kier molecular flexibility index (Phi) is 2.61. The summed E-state index contributed by atoms with van der Waals surface area (Å²) in [6, 6.07) is 10.6. The van der Waals surface area contributed by atoms with Gasteiger partial charge in [0.05, 0.1) is 5.69 Å². The molecule has 4 nitrogen and oxygen atoms in total. The zero-order valence-corrected chi connectivity index (χ0v) is 10.9. The van der Waals surface area contributed by atoms with E-state index in [1.54, 1.807) is 29.8 Å². The molecule has 0 fully saturated rings. The lowest BCUT2D eigenvalue weighted by Gasteiger charge is -2.07. The summed E-state index contributed by atoms with van der Waals surface area (Å²) in [7, 11) is -3.48. The molecule has 0 atom stereocenters. The molecule has 92 valence electrons. The van der Waals surface area contributed by atoms with Crippen LogP contribution < -0.4 is 4.72 Å². The predicted molar refractivity (Wildman–Crippen MR) is 73.4 cm³/mol. The van der Waals surface area contributed by atoms with Crippen molar-refractivity contribution in [2.75, 3.05) is 4.72 Å². The van der Waals surface area contributed by atoms with Crippen LogP contribution >= 0.6 is 11.3 Å². The Labute approximate surface area is 108 Å². The molecule has 3 aromatic rings. The van der Waals surface area contributed by atoms with Crippen LogP contribution in [0, 0.1) is 0 Å². The minimum Gasteiger partial charge on any atom is -0.361 e. The fraction of sp³-hybridized carbons (Fsp3) is 0. The van der Waals surface area contributed by atoms with E-state index in [9.17, 15) is 8.42 Å². The van der Waals surface area contributed by atoms with Gasteiger partial charge >= 0.3 is 0 Å². The molecule has 0 aliphatic heterocycles. The number of hydrogen-bond acceptors (Lipinski definition) is 3. The maximum absolute atomic E-state index is 12.1. The van der Waals surface area contributed by atoms with Crippen molar-refractivity contribution in [3.8, 4) is 0 Å². The Morgan fingerprint density at radius 1 is 1.11 bits per heavy atom. The minimum atomic E-state index is -3.48. The predicted octanol–water partition coefficient (Wildman–Crippen LogP) is 3.03. The number of thiophene rings is 1. The Morgan fingerprint density at radius 3 is 2.78 bits per heavy atom. The molecule has 6 heteroatoms. The van der Waals surface area contributed by atoms with Gasteiger partial charge in [0.1, 0.15) is 4.21 Å². The standard InChI is InChI=1S/C12H10N2O2S2/c15-18(16,12-5-2-8-17-12)14-11-4-1-3-10-9(11)6-7-13-10/h1-8,13-14H. The van der Waals surface area contributed by atoms with Crippen LogP contribution in [0.25, 0.3) is 10.9 Å². The number of aromatic nitrogens is 1. The number of fused-ring (bicyclic) bond motifs is 1. The summed E-state index contributed by atoms with van der Waals surface area (Å²) in [5, 5.41) is 2.60. The second-order valence-electron chi connectivity index (χ2n) is 3.78. The van der Waals surface area contributed by atoms with Gasteiger partial charge in [-0.2, -0.15) is 0 Å². The SMILES string of the molecule is O=S(=O)(Nc1cccc2[nH]ccc12)c1cccs1. The van der Waals surface area contributed by atoms with Gasteiger partial charge in [0, 0.05) is 17.1 Å². The Hall–Kier alpha value is -1.79. The average molecular weight is 278 g/mol. The van der Waals surface area contributed by atoms with Crippen LogP contribution in [-0.4, -0.2) is 13.4 Å². The van der Waals surface area contributed by atoms with E-state index in [2.05, 4.69) is 9.71 Å². The van der Waals surface area contributed by atoms with Gasteiger partial charge in [-0.05, 0) is 29.6 Å². The molecule has 0 amide bonds. The highest BCUT2D eigenvalue weighted by atomic mass is 32.2. The molecule has 0 bridgehead atoms. The zero-order chi connectivity index (χ0) is 12.6. The van der Waals surface area contributed by atoms with Crippen molar-refractivity contribution in [3.63, 3.8) is 0 Å². The number of hydrogen-bond donors (Lipinski definition) is 2. The van der Waals surface area contributed by atoms with Crippen molar-refractivity contribution in [1.82, 2.24) is 4.98 Å². The number of aromatic amines is 1. The molecule has 0 radical (unpaired) electrons. The van der Waals surface area contributed by atoms with E-state index in [0.717, 1.165) is 10.9 Å². The molecule has 3 rings (SSSR count). The molecular weight excluding hydrogens is 268 g/mol. The van der Waals surface area contributed by atoms with Gasteiger partial charge in [-0.25, -0.2) is 8.42 Å². The molecule has 0 saturated heterocycles. The molecule has 0 aliphatic carbocycles. The lowest BCUT2D eigenvalue weighted by molar-refractivity contribution is 0.603. The summed E-state index contributed by atoms with van der Waals surface area (Å²) in [5.74, 6) is 0. The summed E-state index contributed by atoms with van der Waals surface area (Å²) >= 11 is 1.20. The maximum atomic E-state index is 12.1. The fourth-order valence-corrected chi connectivity index (χ4v) is 3.86. The van der Waals surface area contributed by atoms with E-state index in [0.29, 0.717) is 9.90 Å². The summed E-state index contributed by atoms with van der Waals surface area (Å²) in [6.07, 6.45) is 1.79. The summed E-state index contributed by atoms with van der Waals surface area (Å²) in [5.41, 5.74) is 1.49. The first-order chi connectivity index (χ1) is 8.67. The molecule has 18 heavy (non-hydrogen) atoms. The van der Waals surface area contributed by atoms with Gasteiger partial charge in [-0.3, -0.25) is 4.72 Å². The highest BCUT2D eigenvalue weighted by Crippen LogP contribution is 2.26. The monoisotopic (exact) mass is 278 g/mol. The summed E-state index contributed by atoms with van der Waals surface area (Å²) in [4.78, 5) is 3.05. The second kappa shape index (κ2) is 4.15. The van der Waals surface area contributed by atoms with Crippen LogP contribution in [0.1, 0.15) is 0 Å². The molecule has 0 unspecified atom stereocenters. The van der Waals surface area contributed by atoms with E-state index in [1.807, 2.05) is 18.2 Å². The first-order valence-corrected chi connectivity index (χ1v) is 7.65. The van der Waals surface area contributed by atoms with Crippen molar-refractivity contribution >= 4 is 38.0 Å². The number of anilines is 1. The van der Waals surface area contributed by atoms with E-state index < -0.39 is 10.0 Å². The lowest BCUT2D eigenvalue weighted by atomic mass is 10.2. The third kappa shape index (κ3) is 1.89. The number of nitrogens with one attached hydrogen (secondary N) is 2. The highest BCUT2D eigenvalue weighted by molar-refractivity contribution is 7.94. The van der Waals surface area contributed by atoms with Gasteiger partial charge in [0.25, 0.3) is 10.0 Å². The Bertz CT molecular complexity index is 773. The van der Waals surface area contributed by atoms with E-state index in [1.165, 1.54) is 11.3 Å². The van der Waals surface area contributed by atoms with E-state index in [-0.39, 0.29) is 0 Å². The van der Waals surface area contributed by atoms with Gasteiger partial charge in [-0.15, -0.1) is 11.3 Å². The van der Waals surface area contributed by atoms with Crippen molar-refractivity contribution in [2.24, 2.45) is 0 Å². The van der Waals surface area contributed by atoms with Gasteiger partial charge < -0.3 is 4.98 Å². The Balaban J connectivity index is 2.05. The first-order valence-electron chi connectivity index (χ1n) is 5.29. The first kappa shape index (κ1) is 11.3. The molecule has 0 spiro atoms. The van der Waals surface area contributed by atoms with Crippen LogP contribution in [0.3, 0.4) is 0 Å². The average Bonchev–Trinajstić information content (AvgIpc) is 3.00. The number of sulfonamides is 1. The molecule has 0 saturated carbocycles. The molecule has 1 aromatic carbocycles. The van der Waals surface area contributed by atoms with Crippen LogP contribution in [0.5, 0.6) is 0 Å². The van der Waals surface area contributed by atoms with Crippen LogP contribution in [0.15, 0.2) is 52.2 Å². The lowest BCUT2D eigenvalue weighted by Crippen LogP contribution is -2.11. The molecule has 0 aliphatic rings. The number of rotatable bonds is 3. The normalized spacial score (nSPS) is 11.8. The van der Waals surface area contributed by atoms with E-state index in [4.69, 9.17) is 0 Å². The topological polar surface area (TPSA) is 62.0 Å². The number of benzene rings is 1.